The summed E-state index contributed by atoms with van der Waals surface area (Å²) in [6.07, 6.45) is 0.654. The predicted molar refractivity (Wildman–Crippen MR) is 60.9 cm³/mol. The quantitative estimate of drug-likeness (QED) is 0.883. The molecule has 0 fully saturated rings. The molecular weight excluding hydrogens is 224 g/mol. The van der Waals surface area contributed by atoms with Crippen molar-refractivity contribution in [2.75, 3.05) is 0 Å². The fourth-order valence-corrected chi connectivity index (χ4v) is 2.14. The molecule has 2 rings (SSSR count). The zero-order valence-electron chi connectivity index (χ0n) is 8.67. The van der Waals surface area contributed by atoms with Crippen molar-refractivity contribution in [2.24, 2.45) is 0 Å². The van der Waals surface area contributed by atoms with Crippen LogP contribution in [0.2, 0.25) is 0 Å². The van der Waals surface area contributed by atoms with Crippen LogP contribution < -0.4 is 0 Å². The van der Waals surface area contributed by atoms with E-state index in [-0.39, 0.29) is 5.69 Å². The zero-order valence-corrected chi connectivity index (χ0v) is 9.49. The zero-order chi connectivity index (χ0) is 11.5. The van der Waals surface area contributed by atoms with Gasteiger partial charge in [-0.25, -0.2) is 14.8 Å². The van der Waals surface area contributed by atoms with Crippen molar-refractivity contribution in [2.45, 2.75) is 13.3 Å². The average molecular weight is 234 g/mol. The van der Waals surface area contributed by atoms with E-state index in [1.807, 2.05) is 17.5 Å². The first-order valence-electron chi connectivity index (χ1n) is 4.75. The van der Waals surface area contributed by atoms with Crippen molar-refractivity contribution < 1.29 is 9.90 Å². The van der Waals surface area contributed by atoms with Crippen molar-refractivity contribution in [1.82, 2.24) is 9.97 Å². The molecule has 0 aromatic carbocycles. The Kier molecular flexibility index (Phi) is 2.96. The van der Waals surface area contributed by atoms with E-state index in [1.165, 1.54) is 6.07 Å². The van der Waals surface area contributed by atoms with E-state index in [4.69, 9.17) is 5.11 Å². The largest absolute Gasteiger partial charge is 0.477 e. The van der Waals surface area contributed by atoms with Gasteiger partial charge < -0.3 is 5.11 Å². The smallest absolute Gasteiger partial charge is 0.354 e. The Balaban J connectivity index is 2.31. The van der Waals surface area contributed by atoms with Gasteiger partial charge in [-0.05, 0) is 24.4 Å². The second kappa shape index (κ2) is 4.40. The normalized spacial score (nSPS) is 10.3. The SMILES string of the molecule is Cc1nc(Cc2cccs2)cc(C(=O)O)n1. The molecule has 0 unspecified atom stereocenters. The number of aromatic carboxylic acids is 1. The first-order valence-corrected chi connectivity index (χ1v) is 5.63. The van der Waals surface area contributed by atoms with Crippen LogP contribution in [-0.4, -0.2) is 21.0 Å². The number of hydrogen-bond acceptors (Lipinski definition) is 4. The molecule has 0 aliphatic carbocycles. The van der Waals surface area contributed by atoms with Gasteiger partial charge in [0, 0.05) is 11.3 Å². The molecule has 0 atom stereocenters. The lowest BCUT2D eigenvalue weighted by atomic mass is 10.2. The van der Waals surface area contributed by atoms with Crippen molar-refractivity contribution in [3.8, 4) is 0 Å². The number of carbonyl (C=O) groups is 1. The molecular formula is C11H10N2O2S. The fourth-order valence-electron chi connectivity index (χ4n) is 1.42. The lowest BCUT2D eigenvalue weighted by molar-refractivity contribution is 0.0689. The molecule has 4 nitrogen and oxygen atoms in total. The van der Waals surface area contributed by atoms with Crippen LogP contribution in [0.5, 0.6) is 0 Å². The summed E-state index contributed by atoms with van der Waals surface area (Å²) < 4.78 is 0. The number of carboxylic acid groups (broad SMARTS) is 1. The average Bonchev–Trinajstić information content (AvgIpc) is 2.69. The first kappa shape index (κ1) is 10.8. The predicted octanol–water partition coefficient (Wildman–Crippen LogP) is 2.14. The van der Waals surface area contributed by atoms with Crippen molar-refractivity contribution in [3.63, 3.8) is 0 Å². The summed E-state index contributed by atoms with van der Waals surface area (Å²) in [5, 5.41) is 10.9. The highest BCUT2D eigenvalue weighted by Gasteiger charge is 2.09. The molecule has 0 saturated heterocycles. The van der Waals surface area contributed by atoms with Crippen molar-refractivity contribution >= 4 is 17.3 Å². The third kappa shape index (κ3) is 2.43. The van der Waals surface area contributed by atoms with Gasteiger partial charge in [-0.15, -0.1) is 11.3 Å². The van der Waals surface area contributed by atoms with E-state index in [0.29, 0.717) is 12.2 Å². The standard InChI is InChI=1S/C11H10N2O2S/c1-7-12-8(5-9-3-2-4-16-9)6-10(13-7)11(14)15/h2-4,6H,5H2,1H3,(H,14,15). The Labute approximate surface area is 96.6 Å². The highest BCUT2D eigenvalue weighted by Crippen LogP contribution is 2.14. The van der Waals surface area contributed by atoms with Crippen LogP contribution in [0.25, 0.3) is 0 Å². The van der Waals surface area contributed by atoms with Crippen molar-refractivity contribution in [1.29, 1.82) is 0 Å². The molecule has 0 amide bonds. The lowest BCUT2D eigenvalue weighted by Crippen LogP contribution is -2.06. The summed E-state index contributed by atoms with van der Waals surface area (Å²) >= 11 is 1.63. The molecule has 5 heteroatoms. The number of thiophene rings is 1. The van der Waals surface area contributed by atoms with E-state index in [1.54, 1.807) is 18.3 Å². The molecule has 82 valence electrons. The summed E-state index contributed by atoms with van der Waals surface area (Å²) in [4.78, 5) is 20.1. The summed E-state index contributed by atoms with van der Waals surface area (Å²) in [5.74, 6) is -0.524. The van der Waals surface area contributed by atoms with Gasteiger partial charge in [0.25, 0.3) is 0 Å². The molecule has 1 N–H and O–H groups in total. The number of aromatic nitrogens is 2. The van der Waals surface area contributed by atoms with Gasteiger partial charge in [-0.2, -0.15) is 0 Å². The Morgan fingerprint density at radius 3 is 2.94 bits per heavy atom. The molecule has 0 saturated carbocycles. The minimum absolute atomic E-state index is 0.0547. The van der Waals surface area contributed by atoms with Crippen LogP contribution in [0.15, 0.2) is 23.6 Å². The second-order valence-corrected chi connectivity index (χ2v) is 4.39. The Morgan fingerprint density at radius 2 is 2.31 bits per heavy atom. The van der Waals surface area contributed by atoms with E-state index in [2.05, 4.69) is 9.97 Å². The van der Waals surface area contributed by atoms with Gasteiger partial charge >= 0.3 is 5.97 Å². The summed E-state index contributed by atoms with van der Waals surface area (Å²) in [5.41, 5.74) is 0.798. The number of carboxylic acids is 1. The topological polar surface area (TPSA) is 63.1 Å². The Bertz CT molecular complexity index is 509. The monoisotopic (exact) mass is 234 g/mol. The molecule has 0 aliphatic heterocycles. The van der Waals surface area contributed by atoms with E-state index >= 15 is 0 Å². The Morgan fingerprint density at radius 1 is 1.50 bits per heavy atom. The van der Waals surface area contributed by atoms with Crippen LogP contribution in [0, 0.1) is 6.92 Å². The number of hydrogen-bond donors (Lipinski definition) is 1. The highest BCUT2D eigenvalue weighted by atomic mass is 32.1. The molecule has 2 aromatic heterocycles. The number of nitrogens with zero attached hydrogens (tertiary/aromatic N) is 2. The van der Waals surface area contributed by atoms with Crippen LogP contribution in [0.1, 0.15) is 26.9 Å². The van der Waals surface area contributed by atoms with E-state index in [9.17, 15) is 4.79 Å². The van der Waals surface area contributed by atoms with Crippen LogP contribution in [0.4, 0.5) is 0 Å². The molecule has 0 radical (unpaired) electrons. The third-order valence-electron chi connectivity index (χ3n) is 2.05. The van der Waals surface area contributed by atoms with Crippen molar-refractivity contribution in [3.05, 3.63) is 45.7 Å². The lowest BCUT2D eigenvalue weighted by Gasteiger charge is -2.01. The molecule has 2 heterocycles. The van der Waals surface area contributed by atoms with E-state index < -0.39 is 5.97 Å². The summed E-state index contributed by atoms with van der Waals surface area (Å²) in [6.45, 7) is 1.70. The number of aryl methyl sites for hydroxylation is 1. The Hall–Kier alpha value is -1.75. The first-order chi connectivity index (χ1) is 7.65. The molecule has 16 heavy (non-hydrogen) atoms. The van der Waals surface area contributed by atoms with Gasteiger partial charge in [0.15, 0.2) is 5.69 Å². The second-order valence-electron chi connectivity index (χ2n) is 3.35. The van der Waals surface area contributed by atoms with Gasteiger partial charge in [0.1, 0.15) is 5.82 Å². The molecule has 0 bridgehead atoms. The van der Waals surface area contributed by atoms with Gasteiger partial charge in [-0.1, -0.05) is 6.07 Å². The summed E-state index contributed by atoms with van der Waals surface area (Å²) in [6, 6.07) is 5.49. The highest BCUT2D eigenvalue weighted by molar-refractivity contribution is 7.09. The van der Waals surface area contributed by atoms with Gasteiger partial charge in [0.05, 0.1) is 5.69 Å². The number of rotatable bonds is 3. The maximum Gasteiger partial charge on any atom is 0.354 e. The minimum atomic E-state index is -1.02. The summed E-state index contributed by atoms with van der Waals surface area (Å²) in [7, 11) is 0. The van der Waals surface area contributed by atoms with E-state index in [0.717, 1.165) is 10.6 Å². The molecule has 0 spiro atoms. The van der Waals surface area contributed by atoms with Gasteiger partial charge in [0.2, 0.25) is 0 Å². The van der Waals surface area contributed by atoms with Crippen LogP contribution >= 0.6 is 11.3 Å². The minimum Gasteiger partial charge on any atom is -0.477 e. The van der Waals surface area contributed by atoms with Crippen LogP contribution in [-0.2, 0) is 6.42 Å². The third-order valence-corrected chi connectivity index (χ3v) is 2.92. The molecule has 2 aromatic rings. The van der Waals surface area contributed by atoms with Gasteiger partial charge in [-0.3, -0.25) is 0 Å². The maximum absolute atomic E-state index is 10.8. The molecule has 0 aliphatic rings. The van der Waals surface area contributed by atoms with Crippen LogP contribution in [0.3, 0.4) is 0 Å². The fraction of sp³-hybridized carbons (Fsp3) is 0.182. The maximum atomic E-state index is 10.8.